The molecule has 1 aliphatic carbocycles. The highest BCUT2D eigenvalue weighted by Gasteiger charge is 2.29. The van der Waals surface area contributed by atoms with Crippen LogP contribution in [0, 0.1) is 11.8 Å². The smallest absolute Gasteiger partial charge is 0.328 e. The van der Waals surface area contributed by atoms with E-state index in [9.17, 15) is 9.59 Å². The number of carboxylic acid groups (broad SMARTS) is 1. The monoisotopic (exact) mass is 274 g/mol. The molecule has 2 N–H and O–H groups in total. The van der Waals surface area contributed by atoms with Crippen LogP contribution in [0.15, 0.2) is 24.4 Å². The molecular formula is C15H18N2O3. The molecule has 0 aliphatic heterocycles. The van der Waals surface area contributed by atoms with Gasteiger partial charge in [0.05, 0.1) is 0 Å². The van der Waals surface area contributed by atoms with Crippen LogP contribution in [0.2, 0.25) is 0 Å². The normalized spacial score (nSPS) is 22.1. The summed E-state index contributed by atoms with van der Waals surface area (Å²) in [5.74, 6) is -0.0872. The molecule has 0 bridgehead atoms. The molecule has 1 aromatic rings. The predicted molar refractivity (Wildman–Crippen MR) is 76.0 cm³/mol. The standard InChI is InChI=1S/C15H18N2O3/c1-10-3-2-4-12(10)15(20)17-13-9-11(7-8-16-13)5-6-14(18)19/h5-10,12H,2-4H2,1H3,(H,18,19)(H,16,17,20)/b6-5+. The lowest BCUT2D eigenvalue weighted by Gasteiger charge is -2.14. The number of carboxylic acids is 1. The van der Waals surface area contributed by atoms with Gasteiger partial charge in [-0.2, -0.15) is 0 Å². The lowest BCUT2D eigenvalue weighted by Crippen LogP contribution is -2.24. The van der Waals surface area contributed by atoms with Gasteiger partial charge in [0.1, 0.15) is 5.82 Å². The average Bonchev–Trinajstić information content (AvgIpc) is 2.83. The van der Waals surface area contributed by atoms with E-state index in [1.807, 2.05) is 0 Å². The first kappa shape index (κ1) is 14.2. The van der Waals surface area contributed by atoms with Crippen molar-refractivity contribution >= 4 is 23.8 Å². The van der Waals surface area contributed by atoms with Gasteiger partial charge in [-0.15, -0.1) is 0 Å². The molecule has 0 spiro atoms. The Morgan fingerprint density at radius 1 is 1.45 bits per heavy atom. The van der Waals surface area contributed by atoms with Crippen LogP contribution in [-0.4, -0.2) is 22.0 Å². The molecule has 1 heterocycles. The van der Waals surface area contributed by atoms with E-state index in [-0.39, 0.29) is 11.8 Å². The van der Waals surface area contributed by atoms with Crippen LogP contribution in [0.1, 0.15) is 31.7 Å². The Morgan fingerprint density at radius 3 is 2.90 bits per heavy atom. The van der Waals surface area contributed by atoms with Crippen molar-refractivity contribution in [2.24, 2.45) is 11.8 Å². The van der Waals surface area contributed by atoms with Crippen molar-refractivity contribution in [1.29, 1.82) is 0 Å². The molecule has 1 aromatic heterocycles. The summed E-state index contributed by atoms with van der Waals surface area (Å²) in [6.07, 6.45) is 7.18. The number of carbonyl (C=O) groups is 2. The molecule has 5 nitrogen and oxygen atoms in total. The topological polar surface area (TPSA) is 79.3 Å². The number of anilines is 1. The lowest BCUT2D eigenvalue weighted by atomic mass is 9.97. The minimum Gasteiger partial charge on any atom is -0.478 e. The molecule has 2 unspecified atom stereocenters. The highest BCUT2D eigenvalue weighted by Crippen LogP contribution is 2.31. The first-order valence-corrected chi connectivity index (χ1v) is 6.74. The zero-order valence-corrected chi connectivity index (χ0v) is 11.4. The fourth-order valence-corrected chi connectivity index (χ4v) is 2.54. The number of carbonyl (C=O) groups excluding carboxylic acids is 1. The van der Waals surface area contributed by atoms with Crippen molar-refractivity contribution in [1.82, 2.24) is 4.98 Å². The molecule has 0 saturated heterocycles. The molecule has 20 heavy (non-hydrogen) atoms. The predicted octanol–water partition coefficient (Wildman–Crippen LogP) is 2.55. The average molecular weight is 274 g/mol. The summed E-state index contributed by atoms with van der Waals surface area (Å²) in [5.41, 5.74) is 0.692. The summed E-state index contributed by atoms with van der Waals surface area (Å²) in [6, 6.07) is 3.35. The van der Waals surface area contributed by atoms with Crippen molar-refractivity contribution in [3.8, 4) is 0 Å². The largest absolute Gasteiger partial charge is 0.478 e. The molecule has 0 aromatic carbocycles. The van der Waals surface area contributed by atoms with Gasteiger partial charge in [-0.3, -0.25) is 4.79 Å². The Bertz CT molecular complexity index is 540. The van der Waals surface area contributed by atoms with E-state index in [4.69, 9.17) is 5.11 Å². The van der Waals surface area contributed by atoms with E-state index in [2.05, 4.69) is 17.2 Å². The quantitative estimate of drug-likeness (QED) is 0.827. The zero-order chi connectivity index (χ0) is 14.5. The number of hydrogen-bond donors (Lipinski definition) is 2. The molecule has 0 radical (unpaired) electrons. The van der Waals surface area contributed by atoms with Crippen LogP contribution in [0.25, 0.3) is 6.08 Å². The van der Waals surface area contributed by atoms with Gasteiger partial charge in [0.15, 0.2) is 0 Å². The maximum atomic E-state index is 12.1. The molecule has 1 saturated carbocycles. The first-order chi connectivity index (χ1) is 9.56. The third kappa shape index (κ3) is 3.66. The Morgan fingerprint density at radius 2 is 2.25 bits per heavy atom. The summed E-state index contributed by atoms with van der Waals surface area (Å²) < 4.78 is 0. The summed E-state index contributed by atoms with van der Waals surface area (Å²) in [5, 5.41) is 11.4. The van der Waals surface area contributed by atoms with Crippen molar-refractivity contribution in [3.05, 3.63) is 30.0 Å². The summed E-state index contributed by atoms with van der Waals surface area (Å²) in [4.78, 5) is 26.7. The van der Waals surface area contributed by atoms with Crippen molar-refractivity contribution in [2.75, 3.05) is 5.32 Å². The molecule has 1 amide bonds. The van der Waals surface area contributed by atoms with E-state index < -0.39 is 5.97 Å². The van der Waals surface area contributed by atoms with E-state index in [1.54, 1.807) is 18.3 Å². The van der Waals surface area contributed by atoms with Gasteiger partial charge in [-0.1, -0.05) is 13.3 Å². The van der Waals surface area contributed by atoms with Crippen LogP contribution >= 0.6 is 0 Å². The number of pyridine rings is 1. The molecule has 2 atom stereocenters. The molecule has 2 rings (SSSR count). The van der Waals surface area contributed by atoms with Crippen LogP contribution in [0.3, 0.4) is 0 Å². The Kier molecular flexibility index (Phi) is 4.50. The second-order valence-corrected chi connectivity index (χ2v) is 5.15. The van der Waals surface area contributed by atoms with E-state index in [0.717, 1.165) is 25.3 Å². The second kappa shape index (κ2) is 6.32. The van der Waals surface area contributed by atoms with Crippen molar-refractivity contribution in [2.45, 2.75) is 26.2 Å². The first-order valence-electron chi connectivity index (χ1n) is 6.74. The van der Waals surface area contributed by atoms with Gasteiger partial charge < -0.3 is 10.4 Å². The highest BCUT2D eigenvalue weighted by atomic mass is 16.4. The van der Waals surface area contributed by atoms with Gasteiger partial charge in [0.25, 0.3) is 0 Å². The Hall–Kier alpha value is -2.17. The zero-order valence-electron chi connectivity index (χ0n) is 11.4. The van der Waals surface area contributed by atoms with Gasteiger partial charge in [-0.25, -0.2) is 9.78 Å². The van der Waals surface area contributed by atoms with Crippen LogP contribution < -0.4 is 5.32 Å². The molecule has 1 fully saturated rings. The van der Waals surface area contributed by atoms with Crippen LogP contribution in [0.4, 0.5) is 5.82 Å². The number of rotatable bonds is 4. The fraction of sp³-hybridized carbons (Fsp3) is 0.400. The third-order valence-electron chi connectivity index (χ3n) is 3.65. The maximum absolute atomic E-state index is 12.1. The Balaban J connectivity index is 2.04. The second-order valence-electron chi connectivity index (χ2n) is 5.15. The molecule has 1 aliphatic rings. The number of nitrogens with zero attached hydrogens (tertiary/aromatic N) is 1. The number of hydrogen-bond acceptors (Lipinski definition) is 3. The third-order valence-corrected chi connectivity index (χ3v) is 3.65. The number of nitrogens with one attached hydrogen (secondary N) is 1. The summed E-state index contributed by atoms with van der Waals surface area (Å²) >= 11 is 0. The maximum Gasteiger partial charge on any atom is 0.328 e. The molecular weight excluding hydrogens is 256 g/mol. The van der Waals surface area contributed by atoms with Crippen LogP contribution in [-0.2, 0) is 9.59 Å². The van der Waals surface area contributed by atoms with Crippen LogP contribution in [0.5, 0.6) is 0 Å². The Labute approximate surface area is 117 Å². The molecule has 5 heteroatoms. The summed E-state index contributed by atoms with van der Waals surface area (Å²) in [7, 11) is 0. The summed E-state index contributed by atoms with van der Waals surface area (Å²) in [6.45, 7) is 2.09. The van der Waals surface area contributed by atoms with Gasteiger partial charge in [-0.05, 0) is 42.5 Å². The van der Waals surface area contributed by atoms with Gasteiger partial charge in [0, 0.05) is 18.2 Å². The molecule has 106 valence electrons. The van der Waals surface area contributed by atoms with E-state index in [0.29, 0.717) is 17.3 Å². The van der Waals surface area contributed by atoms with Crippen molar-refractivity contribution in [3.63, 3.8) is 0 Å². The van der Waals surface area contributed by atoms with Gasteiger partial charge >= 0.3 is 5.97 Å². The number of aromatic nitrogens is 1. The minimum absolute atomic E-state index is 0.00173. The highest BCUT2D eigenvalue weighted by molar-refractivity contribution is 5.92. The lowest BCUT2D eigenvalue weighted by molar-refractivity contribution is -0.131. The van der Waals surface area contributed by atoms with Crippen molar-refractivity contribution < 1.29 is 14.7 Å². The fourth-order valence-electron chi connectivity index (χ4n) is 2.54. The number of amides is 1. The van der Waals surface area contributed by atoms with E-state index >= 15 is 0 Å². The van der Waals surface area contributed by atoms with E-state index in [1.165, 1.54) is 6.08 Å². The SMILES string of the molecule is CC1CCCC1C(=O)Nc1cc(/C=C/C(=O)O)ccn1. The number of aliphatic carboxylic acids is 1. The van der Waals surface area contributed by atoms with Gasteiger partial charge in [0.2, 0.25) is 5.91 Å². The minimum atomic E-state index is -1.01.